The molecule has 0 radical (unpaired) electrons. The van der Waals surface area contributed by atoms with Crippen molar-refractivity contribution in [2.45, 2.75) is 19.8 Å². The fourth-order valence-corrected chi connectivity index (χ4v) is 3.59. The van der Waals surface area contributed by atoms with Gasteiger partial charge >= 0.3 is 0 Å². The molecule has 3 aromatic rings. The zero-order valence-corrected chi connectivity index (χ0v) is 14.9. The molecule has 0 atom stereocenters. The van der Waals surface area contributed by atoms with Gasteiger partial charge in [0.05, 0.1) is 10.6 Å². The first-order chi connectivity index (χ1) is 12.6. The molecule has 6 nitrogen and oxygen atoms in total. The molecule has 4 rings (SSSR count). The second-order valence-corrected chi connectivity index (χ2v) is 6.89. The third kappa shape index (κ3) is 2.67. The Balaban J connectivity index is 2.03. The molecule has 0 saturated carbocycles. The van der Waals surface area contributed by atoms with Crippen LogP contribution in [-0.4, -0.2) is 32.7 Å². The highest BCUT2D eigenvalue weighted by Crippen LogP contribution is 2.39. The van der Waals surface area contributed by atoms with Gasteiger partial charge in [0.15, 0.2) is 5.69 Å². The summed E-state index contributed by atoms with van der Waals surface area (Å²) in [5, 5.41) is 13.9. The van der Waals surface area contributed by atoms with Gasteiger partial charge in [-0.2, -0.15) is 24.8 Å². The average molecular weight is 371 g/mol. The van der Waals surface area contributed by atoms with E-state index in [4.69, 9.17) is 11.6 Å². The van der Waals surface area contributed by atoms with Gasteiger partial charge in [-0.15, -0.1) is 0 Å². The Kier molecular flexibility index (Phi) is 4.21. The van der Waals surface area contributed by atoms with Gasteiger partial charge in [-0.1, -0.05) is 30.7 Å². The molecule has 0 bridgehead atoms. The largest absolute Gasteiger partial charge is 0.356 e. The van der Waals surface area contributed by atoms with E-state index in [0.29, 0.717) is 28.6 Å². The van der Waals surface area contributed by atoms with Crippen molar-refractivity contribution in [1.82, 2.24) is 19.6 Å². The molecule has 1 aliphatic heterocycles. The number of nitriles is 1. The van der Waals surface area contributed by atoms with Crippen LogP contribution in [0.25, 0.3) is 16.9 Å². The fraction of sp³-hybridized carbons (Fsp3) is 0.333. The van der Waals surface area contributed by atoms with Gasteiger partial charge in [0.1, 0.15) is 24.0 Å². The van der Waals surface area contributed by atoms with Crippen LogP contribution in [-0.2, 0) is 0 Å². The van der Waals surface area contributed by atoms with E-state index < -0.39 is 5.82 Å². The summed E-state index contributed by atoms with van der Waals surface area (Å²) in [7, 11) is 0. The summed E-state index contributed by atoms with van der Waals surface area (Å²) in [4.78, 5) is 10.6. The molecule has 0 spiro atoms. The number of nitrogens with zero attached hydrogens (tertiary/aromatic N) is 6. The van der Waals surface area contributed by atoms with Crippen LogP contribution in [0.3, 0.4) is 0 Å². The summed E-state index contributed by atoms with van der Waals surface area (Å²) in [6.45, 7) is 3.84. The highest BCUT2D eigenvalue weighted by atomic mass is 35.5. The quantitative estimate of drug-likeness (QED) is 0.688. The molecular weight excluding hydrogens is 355 g/mol. The Morgan fingerprint density at radius 3 is 2.81 bits per heavy atom. The van der Waals surface area contributed by atoms with Crippen LogP contribution in [0.5, 0.6) is 0 Å². The summed E-state index contributed by atoms with van der Waals surface area (Å²) in [5.74, 6) is 1.12. The molecule has 26 heavy (non-hydrogen) atoms. The lowest BCUT2D eigenvalue weighted by molar-refractivity contribution is 0.435. The smallest absolute Gasteiger partial charge is 0.255 e. The number of piperidine rings is 1. The highest BCUT2D eigenvalue weighted by molar-refractivity contribution is 6.33. The number of rotatable bonds is 2. The summed E-state index contributed by atoms with van der Waals surface area (Å²) in [6, 6.07) is 6.68. The van der Waals surface area contributed by atoms with Gasteiger partial charge in [0.2, 0.25) is 0 Å². The lowest BCUT2D eigenvalue weighted by Gasteiger charge is -2.33. The zero-order valence-electron chi connectivity index (χ0n) is 14.2. The van der Waals surface area contributed by atoms with Crippen molar-refractivity contribution in [3.63, 3.8) is 0 Å². The maximum absolute atomic E-state index is 14.1. The third-order valence-electron chi connectivity index (χ3n) is 4.81. The molecule has 0 unspecified atom stereocenters. The Labute approximate surface area is 154 Å². The van der Waals surface area contributed by atoms with Gasteiger partial charge in [0, 0.05) is 18.7 Å². The van der Waals surface area contributed by atoms with Gasteiger partial charge in [-0.3, -0.25) is 0 Å². The first-order valence-corrected chi connectivity index (χ1v) is 8.81. The molecule has 8 heteroatoms. The van der Waals surface area contributed by atoms with E-state index in [2.05, 4.69) is 33.0 Å². The molecule has 1 aromatic carbocycles. The second kappa shape index (κ2) is 6.54. The van der Waals surface area contributed by atoms with Gasteiger partial charge in [0.25, 0.3) is 5.78 Å². The number of benzene rings is 1. The molecule has 1 saturated heterocycles. The van der Waals surface area contributed by atoms with Crippen LogP contribution < -0.4 is 4.90 Å². The molecular formula is C18H16ClFN6. The minimum atomic E-state index is -0.537. The molecule has 0 aliphatic carbocycles. The molecule has 0 amide bonds. The minimum absolute atomic E-state index is 0.0307. The van der Waals surface area contributed by atoms with E-state index in [9.17, 15) is 9.65 Å². The van der Waals surface area contributed by atoms with Crippen molar-refractivity contribution in [1.29, 1.82) is 5.26 Å². The van der Waals surface area contributed by atoms with Crippen molar-refractivity contribution in [3.8, 4) is 17.2 Å². The summed E-state index contributed by atoms with van der Waals surface area (Å²) in [6.07, 6.45) is 3.45. The topological polar surface area (TPSA) is 70.1 Å². The van der Waals surface area contributed by atoms with Gasteiger partial charge in [-0.25, -0.2) is 4.39 Å². The van der Waals surface area contributed by atoms with E-state index >= 15 is 0 Å². The van der Waals surface area contributed by atoms with E-state index in [1.807, 2.05) is 0 Å². The van der Waals surface area contributed by atoms with Crippen molar-refractivity contribution in [3.05, 3.63) is 41.1 Å². The molecule has 3 heterocycles. The van der Waals surface area contributed by atoms with E-state index in [0.717, 1.165) is 25.9 Å². The van der Waals surface area contributed by atoms with Crippen LogP contribution in [0.15, 0.2) is 24.5 Å². The maximum Gasteiger partial charge on any atom is 0.255 e. The Hall–Kier alpha value is -2.72. The Morgan fingerprint density at radius 1 is 1.31 bits per heavy atom. The first-order valence-electron chi connectivity index (χ1n) is 8.43. The third-order valence-corrected chi connectivity index (χ3v) is 5.20. The number of fused-ring (bicyclic) bond motifs is 1. The van der Waals surface area contributed by atoms with Gasteiger partial charge < -0.3 is 4.90 Å². The van der Waals surface area contributed by atoms with E-state index in [1.165, 1.54) is 12.4 Å². The Bertz CT molecular complexity index is 1020. The lowest BCUT2D eigenvalue weighted by atomic mass is 9.97. The highest BCUT2D eigenvalue weighted by Gasteiger charge is 2.27. The SMILES string of the molecule is CC1CCN(c2c(-c3cccc(F)c3Cl)c(C#N)nc3ncnn23)CC1. The van der Waals surface area contributed by atoms with E-state index in [1.54, 1.807) is 16.6 Å². The average Bonchev–Trinajstić information content (AvgIpc) is 3.11. The number of halogens is 2. The fourth-order valence-electron chi connectivity index (χ4n) is 3.37. The molecule has 1 fully saturated rings. The number of hydrogen-bond donors (Lipinski definition) is 0. The predicted molar refractivity (Wildman–Crippen MR) is 96.5 cm³/mol. The summed E-state index contributed by atoms with van der Waals surface area (Å²) in [5.41, 5.74) is 1.08. The predicted octanol–water partition coefficient (Wildman–Crippen LogP) is 3.69. The zero-order chi connectivity index (χ0) is 18.3. The van der Waals surface area contributed by atoms with Crippen LogP contribution in [0.2, 0.25) is 5.02 Å². The standard InChI is InChI=1S/C18H16ClFN6/c1-11-5-7-25(8-6-11)17-15(12-3-2-4-13(20)16(12)19)14(9-21)24-18-22-10-23-26(17)18/h2-4,10-11H,5-8H2,1H3. The van der Waals surface area contributed by atoms with Crippen molar-refractivity contribution in [2.24, 2.45) is 5.92 Å². The first kappa shape index (κ1) is 16.7. The minimum Gasteiger partial charge on any atom is -0.356 e. The number of hydrogen-bond acceptors (Lipinski definition) is 5. The van der Waals surface area contributed by atoms with Crippen molar-refractivity contribution >= 4 is 23.2 Å². The van der Waals surface area contributed by atoms with Crippen LogP contribution >= 0.6 is 11.6 Å². The second-order valence-electron chi connectivity index (χ2n) is 6.51. The summed E-state index contributed by atoms with van der Waals surface area (Å²) < 4.78 is 15.7. The molecule has 132 valence electrons. The lowest BCUT2D eigenvalue weighted by Crippen LogP contribution is -2.35. The van der Waals surface area contributed by atoms with Crippen molar-refractivity contribution in [2.75, 3.05) is 18.0 Å². The van der Waals surface area contributed by atoms with Crippen LogP contribution in [0.4, 0.5) is 10.2 Å². The van der Waals surface area contributed by atoms with E-state index in [-0.39, 0.29) is 10.7 Å². The maximum atomic E-state index is 14.1. The van der Waals surface area contributed by atoms with Crippen LogP contribution in [0.1, 0.15) is 25.5 Å². The molecule has 2 aromatic heterocycles. The normalized spacial score (nSPS) is 15.4. The van der Waals surface area contributed by atoms with Crippen LogP contribution in [0, 0.1) is 23.1 Å². The number of anilines is 1. The number of aromatic nitrogens is 4. The molecule has 0 N–H and O–H groups in total. The van der Waals surface area contributed by atoms with Gasteiger partial charge in [-0.05, 0) is 24.8 Å². The van der Waals surface area contributed by atoms with Crippen molar-refractivity contribution < 1.29 is 4.39 Å². The molecule has 1 aliphatic rings. The summed E-state index contributed by atoms with van der Waals surface area (Å²) >= 11 is 6.24. The monoisotopic (exact) mass is 370 g/mol. The Morgan fingerprint density at radius 2 is 2.08 bits per heavy atom.